The fourth-order valence-corrected chi connectivity index (χ4v) is 0.318. The summed E-state index contributed by atoms with van der Waals surface area (Å²) in [4.78, 5) is 29.3. The van der Waals surface area contributed by atoms with Crippen molar-refractivity contribution in [2.24, 2.45) is 11.5 Å². The van der Waals surface area contributed by atoms with E-state index in [4.69, 9.17) is 4.74 Å². The van der Waals surface area contributed by atoms with Crippen LogP contribution in [0.2, 0.25) is 0 Å². The Morgan fingerprint density at radius 2 is 1.39 bits per heavy atom. The fraction of sp³-hybridized carbons (Fsp3) is 0.417. The molecule has 104 valence electrons. The van der Waals surface area contributed by atoms with Crippen LogP contribution in [0.3, 0.4) is 0 Å². The van der Waals surface area contributed by atoms with Crippen molar-refractivity contribution in [3.05, 3.63) is 25.3 Å². The van der Waals surface area contributed by atoms with Crippen LogP contribution in [0.1, 0.15) is 26.7 Å². The monoisotopic (exact) mass is 258 g/mol. The standard InChI is InChI=1S/C6H12O2.2C3H5NO/c1-3-5-8-6(7)4-2;2*1-2-3(4)5/h3-5H2,1-2H3;2*2H,1H2,(H2,4,5). The quantitative estimate of drug-likeness (QED) is 0.557. The first-order valence-corrected chi connectivity index (χ1v) is 5.34. The van der Waals surface area contributed by atoms with Crippen LogP contribution in [-0.2, 0) is 19.1 Å². The van der Waals surface area contributed by atoms with Gasteiger partial charge in [0, 0.05) is 6.42 Å². The van der Waals surface area contributed by atoms with E-state index in [9.17, 15) is 14.4 Å². The van der Waals surface area contributed by atoms with Crippen LogP contribution in [0.5, 0.6) is 0 Å². The molecule has 0 spiro atoms. The van der Waals surface area contributed by atoms with Crippen molar-refractivity contribution in [3.63, 3.8) is 0 Å². The summed E-state index contributed by atoms with van der Waals surface area (Å²) in [5.74, 6) is -1.07. The van der Waals surface area contributed by atoms with Crippen molar-refractivity contribution < 1.29 is 19.1 Å². The maximum absolute atomic E-state index is 10.3. The Bertz CT molecular complexity index is 257. The molecule has 0 bridgehead atoms. The zero-order valence-corrected chi connectivity index (χ0v) is 11.0. The Morgan fingerprint density at radius 3 is 1.56 bits per heavy atom. The third-order valence-electron chi connectivity index (χ3n) is 1.16. The summed E-state index contributed by atoms with van der Waals surface area (Å²) in [6.45, 7) is 10.5. The number of ether oxygens (including phenoxy) is 1. The van der Waals surface area contributed by atoms with Crippen molar-refractivity contribution in [2.75, 3.05) is 6.61 Å². The molecule has 2 amide bonds. The lowest BCUT2D eigenvalue weighted by atomic mass is 10.5. The van der Waals surface area contributed by atoms with Gasteiger partial charge in [-0.05, 0) is 18.6 Å². The fourth-order valence-electron chi connectivity index (χ4n) is 0.318. The molecular weight excluding hydrogens is 236 g/mol. The Morgan fingerprint density at radius 1 is 1.06 bits per heavy atom. The number of nitrogens with two attached hydrogens (primary N) is 2. The van der Waals surface area contributed by atoms with Crippen LogP contribution in [0, 0.1) is 0 Å². The zero-order chi connectivity index (χ0) is 15.0. The van der Waals surface area contributed by atoms with E-state index in [1.165, 1.54) is 0 Å². The van der Waals surface area contributed by atoms with Gasteiger partial charge >= 0.3 is 5.97 Å². The topological polar surface area (TPSA) is 112 Å². The predicted molar refractivity (Wildman–Crippen MR) is 70.3 cm³/mol. The zero-order valence-electron chi connectivity index (χ0n) is 11.0. The van der Waals surface area contributed by atoms with Crippen molar-refractivity contribution in [3.8, 4) is 0 Å². The first-order chi connectivity index (χ1) is 8.35. The molecule has 0 aliphatic heterocycles. The highest BCUT2D eigenvalue weighted by atomic mass is 16.5. The second kappa shape index (κ2) is 17.3. The molecule has 0 fully saturated rings. The third-order valence-corrected chi connectivity index (χ3v) is 1.16. The number of carbonyl (C=O) groups excluding carboxylic acids is 3. The highest BCUT2D eigenvalue weighted by molar-refractivity contribution is 5.85. The summed E-state index contributed by atoms with van der Waals surface area (Å²) in [6, 6.07) is 0. The summed E-state index contributed by atoms with van der Waals surface area (Å²) in [7, 11) is 0. The summed E-state index contributed by atoms with van der Waals surface area (Å²) in [5.41, 5.74) is 9.07. The van der Waals surface area contributed by atoms with Gasteiger partial charge in [-0.1, -0.05) is 27.0 Å². The van der Waals surface area contributed by atoms with Crippen LogP contribution >= 0.6 is 0 Å². The molecule has 4 N–H and O–H groups in total. The number of primary amides is 2. The minimum absolute atomic E-state index is 0.105. The maximum Gasteiger partial charge on any atom is 0.305 e. The highest BCUT2D eigenvalue weighted by Gasteiger charge is 1.93. The summed E-state index contributed by atoms with van der Waals surface area (Å²) >= 11 is 0. The number of amides is 2. The van der Waals surface area contributed by atoms with Crippen LogP contribution < -0.4 is 11.5 Å². The van der Waals surface area contributed by atoms with Gasteiger partial charge in [0.05, 0.1) is 6.61 Å². The molecule has 6 heteroatoms. The van der Waals surface area contributed by atoms with Crippen LogP contribution in [0.4, 0.5) is 0 Å². The molecule has 0 saturated heterocycles. The molecule has 0 saturated carbocycles. The number of carbonyl (C=O) groups is 3. The third kappa shape index (κ3) is 37.1. The largest absolute Gasteiger partial charge is 0.466 e. The van der Waals surface area contributed by atoms with E-state index in [0.29, 0.717) is 13.0 Å². The second-order valence-corrected chi connectivity index (χ2v) is 2.79. The van der Waals surface area contributed by atoms with E-state index in [-0.39, 0.29) is 5.97 Å². The Hall–Kier alpha value is -2.11. The predicted octanol–water partition coefficient (Wildman–Crippen LogP) is 0.665. The first-order valence-electron chi connectivity index (χ1n) is 5.34. The van der Waals surface area contributed by atoms with E-state index in [0.717, 1.165) is 18.6 Å². The van der Waals surface area contributed by atoms with Crippen molar-refractivity contribution in [1.29, 1.82) is 0 Å². The molecule has 0 aromatic heterocycles. The lowest BCUT2D eigenvalue weighted by molar-refractivity contribution is -0.143. The smallest absolute Gasteiger partial charge is 0.305 e. The molecule has 0 radical (unpaired) electrons. The molecule has 0 aromatic carbocycles. The average Bonchev–Trinajstić information content (AvgIpc) is 2.37. The van der Waals surface area contributed by atoms with Gasteiger partial charge < -0.3 is 16.2 Å². The van der Waals surface area contributed by atoms with Crippen LogP contribution in [0.25, 0.3) is 0 Å². The molecule has 0 heterocycles. The minimum Gasteiger partial charge on any atom is -0.466 e. The number of esters is 1. The second-order valence-electron chi connectivity index (χ2n) is 2.79. The van der Waals surface area contributed by atoms with Gasteiger partial charge in [0.1, 0.15) is 0 Å². The lowest BCUT2D eigenvalue weighted by Gasteiger charge is -1.97. The Balaban J connectivity index is -0.000000197. The lowest BCUT2D eigenvalue weighted by Crippen LogP contribution is -2.04. The average molecular weight is 258 g/mol. The van der Waals surface area contributed by atoms with Gasteiger partial charge in [-0.2, -0.15) is 0 Å². The maximum atomic E-state index is 10.3. The van der Waals surface area contributed by atoms with Gasteiger partial charge in [-0.3, -0.25) is 14.4 Å². The van der Waals surface area contributed by atoms with Gasteiger partial charge in [-0.25, -0.2) is 0 Å². The van der Waals surface area contributed by atoms with Crippen LogP contribution in [0.15, 0.2) is 25.3 Å². The van der Waals surface area contributed by atoms with Gasteiger partial charge in [0.2, 0.25) is 11.8 Å². The Kier molecular flexibility index (Phi) is 20.4. The van der Waals surface area contributed by atoms with Crippen molar-refractivity contribution in [2.45, 2.75) is 26.7 Å². The number of rotatable bonds is 5. The summed E-state index contributed by atoms with van der Waals surface area (Å²) in [6.07, 6.45) is 3.51. The SMILES string of the molecule is C=CC(N)=O.C=CC(N)=O.CCCOC(=O)CC. The normalized spacial score (nSPS) is 7.44. The molecule has 18 heavy (non-hydrogen) atoms. The van der Waals surface area contributed by atoms with Gasteiger partial charge in [0.15, 0.2) is 0 Å². The van der Waals surface area contributed by atoms with Crippen molar-refractivity contribution in [1.82, 2.24) is 0 Å². The van der Waals surface area contributed by atoms with E-state index < -0.39 is 11.8 Å². The van der Waals surface area contributed by atoms with E-state index >= 15 is 0 Å². The highest BCUT2D eigenvalue weighted by Crippen LogP contribution is 1.85. The molecule has 0 aliphatic carbocycles. The van der Waals surface area contributed by atoms with E-state index in [1.807, 2.05) is 6.92 Å². The summed E-state index contributed by atoms with van der Waals surface area (Å²) in [5, 5.41) is 0. The van der Waals surface area contributed by atoms with Crippen molar-refractivity contribution >= 4 is 17.8 Å². The minimum atomic E-state index is -0.481. The molecule has 0 atom stereocenters. The number of hydrogen-bond acceptors (Lipinski definition) is 4. The molecular formula is C12H22N2O4. The summed E-state index contributed by atoms with van der Waals surface area (Å²) < 4.78 is 4.70. The van der Waals surface area contributed by atoms with Crippen LogP contribution in [-0.4, -0.2) is 24.4 Å². The first kappa shape index (κ1) is 21.2. The van der Waals surface area contributed by atoms with Gasteiger partial charge in [0.25, 0.3) is 0 Å². The van der Waals surface area contributed by atoms with E-state index in [1.54, 1.807) is 6.92 Å². The molecule has 0 aliphatic rings. The number of hydrogen-bond donors (Lipinski definition) is 2. The molecule has 6 nitrogen and oxygen atoms in total. The van der Waals surface area contributed by atoms with Gasteiger partial charge in [-0.15, -0.1) is 0 Å². The molecule has 0 unspecified atom stereocenters. The molecule has 0 aromatic rings. The Labute approximate surface area is 108 Å². The molecule has 0 rings (SSSR count). The van der Waals surface area contributed by atoms with E-state index in [2.05, 4.69) is 24.6 Å².